The maximum absolute atomic E-state index is 10.3. The van der Waals surface area contributed by atoms with E-state index in [0.717, 1.165) is 72.7 Å². The van der Waals surface area contributed by atoms with Gasteiger partial charge >= 0.3 is 0 Å². The SMILES string of the molecule is CN1CCN(c2ncc(CNc3nc(-c4ccccc4O)nc4c3CSCC4)cn2)CC1. The molecule has 1 aromatic carbocycles. The van der Waals surface area contributed by atoms with E-state index in [2.05, 4.69) is 32.1 Å². The maximum atomic E-state index is 10.3. The molecule has 2 N–H and O–H groups in total. The first-order valence-electron chi connectivity index (χ1n) is 10.9. The van der Waals surface area contributed by atoms with Gasteiger partial charge in [-0.05, 0) is 31.4 Å². The molecule has 166 valence electrons. The number of rotatable bonds is 5. The number of aromatic nitrogens is 4. The molecule has 0 amide bonds. The van der Waals surface area contributed by atoms with Gasteiger partial charge in [-0.15, -0.1) is 0 Å². The molecule has 2 aliphatic heterocycles. The van der Waals surface area contributed by atoms with Crippen molar-refractivity contribution < 1.29 is 5.11 Å². The second-order valence-corrected chi connectivity index (χ2v) is 9.28. The van der Waals surface area contributed by atoms with E-state index in [1.807, 2.05) is 36.3 Å². The lowest BCUT2D eigenvalue weighted by Gasteiger charge is -2.32. The number of phenols is 1. The van der Waals surface area contributed by atoms with E-state index in [9.17, 15) is 5.11 Å². The second kappa shape index (κ2) is 9.30. The molecule has 32 heavy (non-hydrogen) atoms. The number of piperazine rings is 1. The Morgan fingerprint density at radius 2 is 1.84 bits per heavy atom. The van der Waals surface area contributed by atoms with Gasteiger partial charge in [0.2, 0.25) is 5.95 Å². The van der Waals surface area contributed by atoms with Crippen LogP contribution in [-0.2, 0) is 18.7 Å². The molecule has 9 heteroatoms. The number of thioether (sulfide) groups is 1. The number of aryl methyl sites for hydroxylation is 1. The molecule has 2 aromatic heterocycles. The summed E-state index contributed by atoms with van der Waals surface area (Å²) >= 11 is 1.89. The largest absolute Gasteiger partial charge is 0.507 e. The summed E-state index contributed by atoms with van der Waals surface area (Å²) in [4.78, 5) is 23.3. The molecule has 0 aliphatic carbocycles. The summed E-state index contributed by atoms with van der Waals surface area (Å²) < 4.78 is 0. The highest BCUT2D eigenvalue weighted by atomic mass is 32.2. The topological polar surface area (TPSA) is 90.3 Å². The summed E-state index contributed by atoms with van der Waals surface area (Å²) in [6.07, 6.45) is 4.68. The average molecular weight is 450 g/mol. The van der Waals surface area contributed by atoms with Gasteiger partial charge in [0.15, 0.2) is 5.82 Å². The number of benzene rings is 1. The van der Waals surface area contributed by atoms with E-state index in [1.54, 1.807) is 12.1 Å². The molecule has 0 atom stereocenters. The monoisotopic (exact) mass is 449 g/mol. The third kappa shape index (κ3) is 4.49. The number of nitrogens with zero attached hydrogens (tertiary/aromatic N) is 6. The minimum atomic E-state index is 0.191. The molecule has 1 fully saturated rings. The van der Waals surface area contributed by atoms with Gasteiger partial charge in [0.05, 0.1) is 11.3 Å². The molecule has 3 aromatic rings. The van der Waals surface area contributed by atoms with Gasteiger partial charge in [0.25, 0.3) is 0 Å². The molecule has 0 spiro atoms. The van der Waals surface area contributed by atoms with Crippen LogP contribution in [0, 0.1) is 0 Å². The highest BCUT2D eigenvalue weighted by Gasteiger charge is 2.20. The second-order valence-electron chi connectivity index (χ2n) is 8.18. The van der Waals surface area contributed by atoms with Crippen LogP contribution < -0.4 is 10.2 Å². The lowest BCUT2D eigenvalue weighted by Crippen LogP contribution is -2.45. The van der Waals surface area contributed by atoms with Crippen LogP contribution in [0.25, 0.3) is 11.4 Å². The van der Waals surface area contributed by atoms with Crippen molar-refractivity contribution >= 4 is 23.5 Å². The van der Waals surface area contributed by atoms with E-state index in [4.69, 9.17) is 9.97 Å². The third-order valence-electron chi connectivity index (χ3n) is 5.91. The number of para-hydroxylation sites is 1. The first-order chi connectivity index (χ1) is 15.7. The summed E-state index contributed by atoms with van der Waals surface area (Å²) in [5, 5.41) is 13.8. The quantitative estimate of drug-likeness (QED) is 0.610. The van der Waals surface area contributed by atoms with Gasteiger partial charge in [-0.2, -0.15) is 11.8 Å². The molecular weight excluding hydrogens is 422 g/mol. The van der Waals surface area contributed by atoms with Crippen LogP contribution in [0.5, 0.6) is 5.75 Å². The Morgan fingerprint density at radius 1 is 1.06 bits per heavy atom. The lowest BCUT2D eigenvalue weighted by atomic mass is 10.1. The number of phenolic OH excluding ortho intramolecular Hbond substituents is 1. The van der Waals surface area contributed by atoms with Gasteiger partial charge in [-0.3, -0.25) is 0 Å². The minimum absolute atomic E-state index is 0.191. The van der Waals surface area contributed by atoms with Crippen molar-refractivity contribution in [2.24, 2.45) is 0 Å². The van der Waals surface area contributed by atoms with Crippen molar-refractivity contribution in [3.8, 4) is 17.1 Å². The normalized spacial score (nSPS) is 16.6. The van der Waals surface area contributed by atoms with Gasteiger partial charge in [-0.25, -0.2) is 19.9 Å². The van der Waals surface area contributed by atoms with Crippen LogP contribution in [-0.4, -0.2) is 68.9 Å². The zero-order chi connectivity index (χ0) is 21.9. The van der Waals surface area contributed by atoms with Crippen molar-refractivity contribution in [2.45, 2.75) is 18.7 Å². The Bertz CT molecular complexity index is 1080. The van der Waals surface area contributed by atoms with Gasteiger partial charge in [-0.1, -0.05) is 12.1 Å². The number of hydrogen-bond donors (Lipinski definition) is 2. The maximum Gasteiger partial charge on any atom is 0.225 e. The highest BCUT2D eigenvalue weighted by molar-refractivity contribution is 7.98. The van der Waals surface area contributed by atoms with Gasteiger partial charge < -0.3 is 20.2 Å². The molecular formula is C23H27N7OS. The summed E-state index contributed by atoms with van der Waals surface area (Å²) in [5.41, 5.74) is 3.86. The number of likely N-dealkylation sites (N-methyl/N-ethyl adjacent to an activating group) is 1. The Morgan fingerprint density at radius 3 is 2.62 bits per heavy atom. The fourth-order valence-corrected chi connectivity index (χ4v) is 4.95. The minimum Gasteiger partial charge on any atom is -0.507 e. The van der Waals surface area contributed by atoms with Crippen molar-refractivity contribution in [1.29, 1.82) is 0 Å². The predicted octanol–water partition coefficient (Wildman–Crippen LogP) is 2.79. The van der Waals surface area contributed by atoms with Crippen LogP contribution in [0.15, 0.2) is 36.7 Å². The third-order valence-corrected chi connectivity index (χ3v) is 6.89. The molecule has 0 saturated carbocycles. The predicted molar refractivity (Wildman–Crippen MR) is 128 cm³/mol. The Labute approximate surface area is 192 Å². The van der Waals surface area contributed by atoms with E-state index in [0.29, 0.717) is 17.9 Å². The molecule has 2 aliphatic rings. The van der Waals surface area contributed by atoms with E-state index in [1.165, 1.54) is 0 Å². The Kier molecular flexibility index (Phi) is 6.09. The average Bonchev–Trinajstić information content (AvgIpc) is 2.83. The van der Waals surface area contributed by atoms with E-state index >= 15 is 0 Å². The summed E-state index contributed by atoms with van der Waals surface area (Å²) in [7, 11) is 2.14. The molecule has 4 heterocycles. The molecule has 1 saturated heterocycles. The summed E-state index contributed by atoms with van der Waals surface area (Å²) in [6, 6.07) is 7.21. The highest BCUT2D eigenvalue weighted by Crippen LogP contribution is 2.33. The van der Waals surface area contributed by atoms with Gasteiger partial charge in [0, 0.05) is 62.0 Å². The summed E-state index contributed by atoms with van der Waals surface area (Å²) in [6.45, 7) is 4.55. The number of anilines is 2. The van der Waals surface area contributed by atoms with Crippen LogP contribution >= 0.6 is 11.8 Å². The summed E-state index contributed by atoms with van der Waals surface area (Å²) in [5.74, 6) is 4.29. The van der Waals surface area contributed by atoms with E-state index in [-0.39, 0.29) is 5.75 Å². The van der Waals surface area contributed by atoms with Crippen LogP contribution in [0.3, 0.4) is 0 Å². The lowest BCUT2D eigenvalue weighted by molar-refractivity contribution is 0.311. The fourth-order valence-electron chi connectivity index (χ4n) is 3.96. The zero-order valence-corrected chi connectivity index (χ0v) is 19.0. The van der Waals surface area contributed by atoms with Crippen molar-refractivity contribution in [3.05, 3.63) is 53.5 Å². The van der Waals surface area contributed by atoms with Crippen LogP contribution in [0.1, 0.15) is 16.8 Å². The van der Waals surface area contributed by atoms with E-state index < -0.39 is 0 Å². The van der Waals surface area contributed by atoms with Crippen molar-refractivity contribution in [3.63, 3.8) is 0 Å². The zero-order valence-electron chi connectivity index (χ0n) is 18.2. The molecule has 5 rings (SSSR count). The molecule has 0 radical (unpaired) electrons. The smallest absolute Gasteiger partial charge is 0.225 e. The van der Waals surface area contributed by atoms with Gasteiger partial charge in [0.1, 0.15) is 11.6 Å². The van der Waals surface area contributed by atoms with Crippen LogP contribution in [0.4, 0.5) is 11.8 Å². The Balaban J connectivity index is 1.35. The van der Waals surface area contributed by atoms with Crippen molar-refractivity contribution in [2.75, 3.05) is 49.2 Å². The number of nitrogens with one attached hydrogen (secondary N) is 1. The first kappa shape index (κ1) is 21.0. The number of hydrogen-bond acceptors (Lipinski definition) is 9. The molecule has 8 nitrogen and oxygen atoms in total. The number of fused-ring (bicyclic) bond motifs is 1. The number of aromatic hydroxyl groups is 1. The Hall–Kier alpha value is -2.91. The van der Waals surface area contributed by atoms with Crippen molar-refractivity contribution in [1.82, 2.24) is 24.8 Å². The fraction of sp³-hybridized carbons (Fsp3) is 0.391. The molecule has 0 bridgehead atoms. The molecule has 0 unspecified atom stereocenters. The standard InChI is InChI=1S/C23H27N7OS/c1-29-7-9-30(10-8-29)23-25-13-16(14-26-23)12-24-21-18-15-32-11-6-19(18)27-22(28-21)17-4-2-3-5-20(17)31/h2-5,13-14,31H,6-12,15H2,1H3,(H,24,27,28). The first-order valence-corrected chi connectivity index (χ1v) is 12.1. The van der Waals surface area contributed by atoms with Crippen LogP contribution in [0.2, 0.25) is 0 Å².